The maximum atomic E-state index is 12.4. The van der Waals surface area contributed by atoms with Gasteiger partial charge in [0, 0.05) is 70.0 Å². The van der Waals surface area contributed by atoms with E-state index < -0.39 is 21.3 Å². The number of ether oxygens (including phenoxy) is 3. The Balaban J connectivity index is 0.000000197. The number of non-ortho nitro benzene ring substituents is 2. The molecule has 0 aromatic heterocycles. The lowest BCUT2D eigenvalue weighted by molar-refractivity contribution is -0.385. The van der Waals surface area contributed by atoms with E-state index in [-0.39, 0.29) is 27.0 Å². The summed E-state index contributed by atoms with van der Waals surface area (Å²) in [6.07, 6.45) is 1.71. The second-order valence-corrected chi connectivity index (χ2v) is 14.0. The van der Waals surface area contributed by atoms with Gasteiger partial charge in [0.2, 0.25) is 0 Å². The third-order valence-electron chi connectivity index (χ3n) is 8.48. The number of halogens is 3. The molecular formula is C38H43Cl2FN4O8. The van der Waals surface area contributed by atoms with E-state index in [9.17, 15) is 29.7 Å². The fourth-order valence-electron chi connectivity index (χ4n) is 5.70. The van der Waals surface area contributed by atoms with Crippen LogP contribution in [0.1, 0.15) is 26.7 Å². The highest BCUT2D eigenvalue weighted by Gasteiger charge is 2.36. The van der Waals surface area contributed by atoms with Gasteiger partial charge in [-0.15, -0.1) is 0 Å². The lowest BCUT2D eigenvalue weighted by Crippen LogP contribution is -2.37. The molecule has 2 aliphatic rings. The first-order chi connectivity index (χ1) is 25.2. The van der Waals surface area contributed by atoms with Crippen molar-refractivity contribution in [3.8, 4) is 17.2 Å². The topological polar surface area (TPSA) is 141 Å². The quantitative estimate of drug-likeness (QED) is 0.111. The first-order valence-corrected chi connectivity index (χ1v) is 17.7. The molecule has 15 heteroatoms. The highest BCUT2D eigenvalue weighted by molar-refractivity contribution is 6.32. The summed E-state index contributed by atoms with van der Waals surface area (Å²) in [6.45, 7) is 10.3. The van der Waals surface area contributed by atoms with Gasteiger partial charge in [-0.3, -0.25) is 30.0 Å². The molecule has 0 saturated carbocycles. The number of hydrogen-bond acceptors (Lipinski definition) is 10. The molecule has 12 nitrogen and oxygen atoms in total. The van der Waals surface area contributed by atoms with Crippen LogP contribution in [0.3, 0.4) is 0 Å². The lowest BCUT2D eigenvalue weighted by atomic mass is 10.1. The highest BCUT2D eigenvalue weighted by atomic mass is 35.5. The number of hydrogen-bond donors (Lipinski definition) is 1. The van der Waals surface area contributed by atoms with Crippen molar-refractivity contribution in [2.45, 2.75) is 37.9 Å². The van der Waals surface area contributed by atoms with Crippen LogP contribution in [0.5, 0.6) is 17.2 Å². The van der Waals surface area contributed by atoms with Crippen molar-refractivity contribution in [3.63, 3.8) is 0 Å². The molecule has 2 atom stereocenters. The first-order valence-electron chi connectivity index (χ1n) is 17.0. The van der Waals surface area contributed by atoms with Crippen molar-refractivity contribution in [1.29, 1.82) is 0 Å². The van der Waals surface area contributed by atoms with Gasteiger partial charge in [-0.2, -0.15) is 0 Å². The summed E-state index contributed by atoms with van der Waals surface area (Å²) in [5, 5.41) is 30.7. The monoisotopic (exact) mass is 772 g/mol. The van der Waals surface area contributed by atoms with Gasteiger partial charge in [0.05, 0.1) is 25.5 Å². The summed E-state index contributed by atoms with van der Waals surface area (Å²) >= 11 is 11.4. The molecule has 0 amide bonds. The molecular weight excluding hydrogens is 730 g/mol. The average Bonchev–Trinajstić information content (AvgIpc) is 3.68. The van der Waals surface area contributed by atoms with E-state index in [1.807, 2.05) is 74.5 Å². The van der Waals surface area contributed by atoms with Gasteiger partial charge in [-0.1, -0.05) is 59.6 Å². The summed E-state index contributed by atoms with van der Waals surface area (Å²) < 4.78 is 29.8. The Kier molecular flexibility index (Phi) is 15.2. The molecule has 2 saturated heterocycles. The SMILES string of the molecule is CC1(O)CCN(CCOc2ccccc2)C1.CC1(Oc2ccc([N+](=O)[O-])cc2Cl)CCN(CCOc2ccccc2)C1.O=[N+]([O-])c1ccc(F)c(Cl)c1. The number of aliphatic hydroxyl groups is 1. The normalized spacial score (nSPS) is 19.7. The van der Waals surface area contributed by atoms with E-state index in [0.717, 1.165) is 81.8 Å². The summed E-state index contributed by atoms with van der Waals surface area (Å²) in [5.74, 6) is 1.59. The Bertz CT molecular complexity index is 1790. The second kappa shape index (κ2) is 19.5. The van der Waals surface area contributed by atoms with Crippen LogP contribution in [-0.4, -0.2) is 88.4 Å². The van der Waals surface area contributed by atoms with E-state index in [1.54, 1.807) is 6.07 Å². The van der Waals surface area contributed by atoms with Crippen molar-refractivity contribution in [1.82, 2.24) is 9.80 Å². The molecule has 4 aromatic rings. The zero-order valence-corrected chi connectivity index (χ0v) is 31.0. The van der Waals surface area contributed by atoms with Crippen molar-refractivity contribution in [2.75, 3.05) is 52.5 Å². The fourth-order valence-corrected chi connectivity index (χ4v) is 6.09. The third kappa shape index (κ3) is 13.8. The molecule has 0 radical (unpaired) electrons. The number of nitrogens with zero attached hydrogens (tertiary/aromatic N) is 4. The van der Waals surface area contributed by atoms with Crippen LogP contribution in [0, 0.1) is 26.0 Å². The molecule has 6 rings (SSSR count). The van der Waals surface area contributed by atoms with Gasteiger partial charge >= 0.3 is 0 Å². The average molecular weight is 774 g/mol. The number of rotatable bonds is 12. The minimum absolute atomic E-state index is 0.0430. The van der Waals surface area contributed by atoms with Crippen molar-refractivity contribution in [2.24, 2.45) is 0 Å². The minimum atomic E-state index is -0.655. The van der Waals surface area contributed by atoms with Crippen molar-refractivity contribution in [3.05, 3.63) is 133 Å². The molecule has 284 valence electrons. The Labute approximate surface area is 317 Å². The Hall–Kier alpha value is -4.53. The van der Waals surface area contributed by atoms with Crippen LogP contribution in [0.25, 0.3) is 0 Å². The standard InChI is InChI=1S/C19H21ClN2O4.C13H19NO2.C6H3ClFNO2/c1-19(26-18-8-7-15(22(23)24)13-17(18)20)9-10-21(14-19)11-12-25-16-5-3-2-4-6-16;1-13(15)7-8-14(11-13)9-10-16-12-5-3-2-4-6-12;7-5-3-4(9(10)11)1-2-6(5)8/h2-8,13H,9-12,14H2,1H3;2-6,15H,7-11H2,1H3;1-3H. The van der Waals surface area contributed by atoms with Crippen molar-refractivity contribution >= 4 is 34.6 Å². The zero-order chi connectivity index (χ0) is 38.4. The number of β-amino-alcohol motifs (C(OH)–C–C–N with tert-alkyl or cyclic N) is 1. The summed E-state index contributed by atoms with van der Waals surface area (Å²) in [6, 6.07) is 26.8. The molecule has 2 heterocycles. The van der Waals surface area contributed by atoms with E-state index in [0.29, 0.717) is 19.0 Å². The first kappa shape index (κ1) is 41.2. The van der Waals surface area contributed by atoms with Crippen LogP contribution >= 0.6 is 23.2 Å². The molecule has 4 aromatic carbocycles. The molecule has 53 heavy (non-hydrogen) atoms. The third-order valence-corrected chi connectivity index (χ3v) is 9.07. The van der Waals surface area contributed by atoms with Crippen LogP contribution in [0.15, 0.2) is 97.1 Å². The van der Waals surface area contributed by atoms with E-state index in [2.05, 4.69) is 9.80 Å². The Morgan fingerprint density at radius 1 is 0.736 bits per heavy atom. The Morgan fingerprint density at radius 3 is 1.70 bits per heavy atom. The van der Waals surface area contributed by atoms with E-state index >= 15 is 0 Å². The Morgan fingerprint density at radius 2 is 1.23 bits per heavy atom. The number of para-hydroxylation sites is 2. The molecule has 0 aliphatic carbocycles. The van der Waals surface area contributed by atoms with Crippen LogP contribution < -0.4 is 14.2 Å². The number of benzene rings is 4. The van der Waals surface area contributed by atoms with Gasteiger partial charge in [0.1, 0.15) is 41.9 Å². The largest absolute Gasteiger partial charge is 0.492 e. The van der Waals surface area contributed by atoms with Crippen molar-refractivity contribution < 1.29 is 33.6 Å². The maximum absolute atomic E-state index is 12.4. The molecule has 2 fully saturated rings. The molecule has 2 unspecified atom stereocenters. The maximum Gasteiger partial charge on any atom is 0.271 e. The minimum Gasteiger partial charge on any atom is -0.492 e. The van der Waals surface area contributed by atoms with Gasteiger partial charge in [-0.05, 0) is 56.7 Å². The van der Waals surface area contributed by atoms with Crippen LogP contribution in [0.4, 0.5) is 15.8 Å². The van der Waals surface area contributed by atoms with Gasteiger partial charge in [0.25, 0.3) is 11.4 Å². The van der Waals surface area contributed by atoms with Gasteiger partial charge in [0.15, 0.2) is 0 Å². The number of nitro benzene ring substituents is 2. The number of nitro groups is 2. The fraction of sp³-hybridized carbons (Fsp3) is 0.368. The molecule has 2 aliphatic heterocycles. The zero-order valence-electron chi connectivity index (χ0n) is 29.5. The van der Waals surface area contributed by atoms with Crippen LogP contribution in [0.2, 0.25) is 10.0 Å². The predicted octanol–water partition coefficient (Wildman–Crippen LogP) is 8.08. The number of likely N-dealkylation sites (tertiary alicyclic amines) is 2. The molecule has 1 N–H and O–H groups in total. The van der Waals surface area contributed by atoms with Gasteiger partial charge in [-0.25, -0.2) is 4.39 Å². The lowest BCUT2D eigenvalue weighted by Gasteiger charge is -2.27. The molecule has 0 bridgehead atoms. The summed E-state index contributed by atoms with van der Waals surface area (Å²) in [4.78, 5) is 24.3. The smallest absolute Gasteiger partial charge is 0.271 e. The van der Waals surface area contributed by atoms with Crippen LogP contribution in [-0.2, 0) is 0 Å². The summed E-state index contributed by atoms with van der Waals surface area (Å²) in [7, 11) is 0. The second-order valence-electron chi connectivity index (χ2n) is 13.2. The highest BCUT2D eigenvalue weighted by Crippen LogP contribution is 2.34. The van der Waals surface area contributed by atoms with E-state index in [4.69, 9.17) is 37.4 Å². The van der Waals surface area contributed by atoms with E-state index in [1.165, 1.54) is 12.1 Å². The summed E-state index contributed by atoms with van der Waals surface area (Å²) in [5.41, 5.74) is -1.14. The molecule has 0 spiro atoms. The van der Waals surface area contributed by atoms with Gasteiger partial charge < -0.3 is 19.3 Å². The predicted molar refractivity (Wildman–Crippen MR) is 202 cm³/mol.